The van der Waals surface area contributed by atoms with E-state index < -0.39 is 15.7 Å². The van der Waals surface area contributed by atoms with Crippen LogP contribution < -0.4 is 4.74 Å². The highest BCUT2D eigenvalue weighted by Gasteiger charge is 2.20. The minimum absolute atomic E-state index is 0.169. The Morgan fingerprint density at radius 3 is 2.22 bits per heavy atom. The Morgan fingerprint density at radius 1 is 1.00 bits per heavy atom. The van der Waals surface area contributed by atoms with E-state index in [1.165, 1.54) is 17.4 Å². The normalized spacial score (nSPS) is 13.5. The number of carbonyl (C=O) groups is 1. The molecule has 0 N–H and O–H groups in total. The van der Waals surface area contributed by atoms with Crippen molar-refractivity contribution in [1.82, 2.24) is 4.90 Å². The van der Waals surface area contributed by atoms with Gasteiger partial charge in [0.05, 0.1) is 0 Å². The summed E-state index contributed by atoms with van der Waals surface area (Å²) in [5.74, 6) is -0.162. The molecule has 4 rings (SSSR count). The molecule has 1 amide bonds. The summed E-state index contributed by atoms with van der Waals surface area (Å²) in [6.07, 6.45) is 1.18. The van der Waals surface area contributed by atoms with Crippen molar-refractivity contribution in [2.45, 2.75) is 31.1 Å². The number of nitrogens with zero attached hydrogens (tertiary/aromatic N) is 2. The first-order valence-corrected chi connectivity index (χ1v) is 12.3. The van der Waals surface area contributed by atoms with Gasteiger partial charge in [-0.15, -0.1) is 4.36 Å². The van der Waals surface area contributed by atoms with Gasteiger partial charge in [-0.2, -0.15) is 0 Å². The zero-order valence-corrected chi connectivity index (χ0v) is 19.2. The second-order valence-electron chi connectivity index (χ2n) is 7.85. The largest absolute Gasteiger partial charge is 0.488 e. The Balaban J connectivity index is 1.48. The van der Waals surface area contributed by atoms with E-state index in [9.17, 15) is 13.2 Å². The van der Waals surface area contributed by atoms with Crippen LogP contribution in [0.5, 0.6) is 5.75 Å². The van der Waals surface area contributed by atoms with Gasteiger partial charge in [-0.05, 0) is 46.5 Å². The first-order valence-electron chi connectivity index (χ1n) is 10.0. The monoisotopic (exact) mass is 466 g/mol. The van der Waals surface area contributed by atoms with Crippen LogP contribution in [0.2, 0.25) is 0 Å². The fourth-order valence-corrected chi connectivity index (χ4v) is 4.75. The number of carbonyl (C=O) groups excluding carboxylic acids is 1. The number of sulfone groups is 1. The Morgan fingerprint density at radius 2 is 1.62 bits per heavy atom. The highest BCUT2D eigenvalue weighted by Crippen LogP contribution is 2.29. The molecule has 8 heteroatoms. The van der Waals surface area contributed by atoms with E-state index in [0.29, 0.717) is 17.9 Å². The minimum atomic E-state index is -3.48. The lowest BCUT2D eigenvalue weighted by atomic mass is 10.1. The van der Waals surface area contributed by atoms with E-state index in [1.54, 1.807) is 36.4 Å². The van der Waals surface area contributed by atoms with Crippen molar-refractivity contribution in [3.05, 3.63) is 94.5 Å². The fourth-order valence-electron chi connectivity index (χ4n) is 3.79. The highest BCUT2D eigenvalue weighted by molar-refractivity contribution is 7.90. The van der Waals surface area contributed by atoms with Crippen molar-refractivity contribution in [3.8, 4) is 5.75 Å². The van der Waals surface area contributed by atoms with Gasteiger partial charge in [0.2, 0.25) is 0 Å². The van der Waals surface area contributed by atoms with Crippen molar-refractivity contribution in [1.29, 1.82) is 0 Å². The standard InChI is InChI=1S/C24H22N2O4S2/c1-32(28,29)23-12-18(13-26-14-20-4-2-3-5-21(20)15-26)8-11-22(23)30-16-17-6-9-19(10-7-17)24(27)25-31/h2-12H,13-16H2,1H3. The number of ether oxygens (including phenoxy) is 1. The lowest BCUT2D eigenvalue weighted by molar-refractivity contribution is 0.101. The second-order valence-corrected chi connectivity index (χ2v) is 10.0. The third kappa shape index (κ3) is 5.09. The van der Waals surface area contributed by atoms with Gasteiger partial charge in [0.25, 0.3) is 5.91 Å². The van der Waals surface area contributed by atoms with E-state index in [-0.39, 0.29) is 11.5 Å². The van der Waals surface area contributed by atoms with Crippen LogP contribution in [0.1, 0.15) is 32.6 Å². The summed E-state index contributed by atoms with van der Waals surface area (Å²) in [5.41, 5.74) is 4.73. The fraction of sp³-hybridized carbons (Fsp3) is 0.208. The van der Waals surface area contributed by atoms with Crippen molar-refractivity contribution in [2.75, 3.05) is 6.26 Å². The Labute approximate surface area is 192 Å². The summed E-state index contributed by atoms with van der Waals surface area (Å²) in [6, 6.07) is 20.3. The maximum absolute atomic E-state index is 12.4. The predicted octanol–water partition coefficient (Wildman–Crippen LogP) is 4.06. The second kappa shape index (κ2) is 9.28. The molecule has 1 aliphatic rings. The van der Waals surface area contributed by atoms with Gasteiger partial charge >= 0.3 is 0 Å². The predicted molar refractivity (Wildman–Crippen MR) is 124 cm³/mol. The first-order chi connectivity index (χ1) is 15.3. The summed E-state index contributed by atoms with van der Waals surface area (Å²) in [6.45, 7) is 2.52. The molecule has 0 atom stereocenters. The molecule has 3 aromatic carbocycles. The molecule has 0 aromatic heterocycles. The Hall–Kier alpha value is -2.94. The number of hydrogen-bond donors (Lipinski definition) is 0. The van der Waals surface area contributed by atoms with E-state index in [2.05, 4.69) is 33.8 Å². The molecule has 0 saturated carbocycles. The molecule has 0 radical (unpaired) electrons. The molecule has 0 saturated heterocycles. The molecule has 164 valence electrons. The summed E-state index contributed by atoms with van der Waals surface area (Å²) in [5, 5.41) is 0. The lowest BCUT2D eigenvalue weighted by Crippen LogP contribution is -2.16. The van der Waals surface area contributed by atoms with Crippen molar-refractivity contribution >= 4 is 28.2 Å². The number of amides is 1. The third-order valence-electron chi connectivity index (χ3n) is 5.40. The van der Waals surface area contributed by atoms with Crippen LogP contribution in [0.25, 0.3) is 0 Å². The molecule has 6 nitrogen and oxygen atoms in total. The SMILES string of the molecule is CS(=O)(=O)c1cc(CN2Cc3ccccc3C2)ccc1OCc1ccc(C(=O)N=S)cc1. The quantitative estimate of drug-likeness (QED) is 0.523. The van der Waals surface area contributed by atoms with Gasteiger partial charge in [0, 0.05) is 43.9 Å². The molecule has 0 unspecified atom stereocenters. The topological polar surface area (TPSA) is 76.0 Å². The van der Waals surface area contributed by atoms with Gasteiger partial charge in [-0.25, -0.2) is 8.42 Å². The van der Waals surface area contributed by atoms with E-state index >= 15 is 0 Å². The molecule has 0 aliphatic carbocycles. The molecule has 0 fully saturated rings. The average molecular weight is 467 g/mol. The lowest BCUT2D eigenvalue weighted by Gasteiger charge is -2.17. The smallest absolute Gasteiger partial charge is 0.288 e. The zero-order valence-electron chi connectivity index (χ0n) is 17.5. The molecule has 0 spiro atoms. The molecule has 32 heavy (non-hydrogen) atoms. The maximum atomic E-state index is 12.4. The highest BCUT2D eigenvalue weighted by atomic mass is 32.2. The molecule has 3 aromatic rings. The summed E-state index contributed by atoms with van der Waals surface area (Å²) in [4.78, 5) is 14.0. The summed E-state index contributed by atoms with van der Waals surface area (Å²) >= 11 is 4.42. The molecule has 1 aliphatic heterocycles. The number of hydrogen-bond acceptors (Lipinski definition) is 6. The molecular weight excluding hydrogens is 444 g/mol. The van der Waals surface area contributed by atoms with Gasteiger partial charge in [-0.3, -0.25) is 9.69 Å². The first kappa shape index (κ1) is 22.3. The maximum Gasteiger partial charge on any atom is 0.288 e. The summed E-state index contributed by atoms with van der Waals surface area (Å²) in [7, 11) is -3.48. The van der Waals surface area contributed by atoms with E-state index in [4.69, 9.17) is 4.74 Å². The average Bonchev–Trinajstić information content (AvgIpc) is 3.19. The Bertz CT molecular complexity index is 1250. The van der Waals surface area contributed by atoms with Crippen LogP contribution in [0, 0.1) is 0 Å². The van der Waals surface area contributed by atoms with Crippen LogP contribution in [0.4, 0.5) is 0 Å². The molecule has 0 bridgehead atoms. The Kier molecular flexibility index (Phi) is 6.45. The number of fused-ring (bicyclic) bond motifs is 1. The van der Waals surface area contributed by atoms with Crippen molar-refractivity contribution in [3.63, 3.8) is 0 Å². The van der Waals surface area contributed by atoms with E-state index in [1.807, 2.05) is 18.2 Å². The van der Waals surface area contributed by atoms with Crippen LogP contribution in [-0.2, 0) is 48.5 Å². The molecular formula is C24H22N2O4S2. The van der Waals surface area contributed by atoms with Crippen LogP contribution >= 0.6 is 0 Å². The van der Waals surface area contributed by atoms with Crippen molar-refractivity contribution in [2.24, 2.45) is 4.36 Å². The molecule has 1 heterocycles. The minimum Gasteiger partial charge on any atom is -0.488 e. The van der Waals surface area contributed by atoms with Gasteiger partial charge in [0.1, 0.15) is 17.3 Å². The van der Waals surface area contributed by atoms with Crippen molar-refractivity contribution < 1.29 is 17.9 Å². The van der Waals surface area contributed by atoms with E-state index in [0.717, 1.165) is 24.2 Å². The van der Waals surface area contributed by atoms with Gasteiger partial charge in [-0.1, -0.05) is 42.5 Å². The van der Waals surface area contributed by atoms with Crippen LogP contribution in [0.3, 0.4) is 0 Å². The number of rotatable bonds is 7. The van der Waals surface area contributed by atoms with Gasteiger partial charge in [0.15, 0.2) is 9.84 Å². The summed E-state index contributed by atoms with van der Waals surface area (Å²) < 4.78 is 33.9. The van der Waals surface area contributed by atoms with Gasteiger partial charge < -0.3 is 4.74 Å². The third-order valence-corrected chi connectivity index (χ3v) is 6.68. The van der Waals surface area contributed by atoms with Crippen LogP contribution in [0.15, 0.2) is 76.0 Å². The van der Waals surface area contributed by atoms with Crippen LogP contribution in [-0.4, -0.2) is 25.5 Å². The zero-order chi connectivity index (χ0) is 22.7. The number of benzene rings is 3.